The van der Waals surface area contributed by atoms with E-state index in [0.717, 1.165) is 6.42 Å². The molecule has 0 aliphatic heterocycles. The molecule has 0 bridgehead atoms. The van der Waals surface area contributed by atoms with Gasteiger partial charge in [0.05, 0.1) is 6.54 Å². The van der Waals surface area contributed by atoms with Crippen LogP contribution in [0.3, 0.4) is 0 Å². The summed E-state index contributed by atoms with van der Waals surface area (Å²) in [5.74, 6) is 0.411. The Morgan fingerprint density at radius 3 is 2.18 bits per heavy atom. The monoisotopic (exact) mass is 315 g/mol. The van der Waals surface area contributed by atoms with E-state index < -0.39 is 11.7 Å². The average molecular weight is 315 g/mol. The van der Waals surface area contributed by atoms with Gasteiger partial charge in [0, 0.05) is 26.7 Å². The van der Waals surface area contributed by atoms with Gasteiger partial charge >= 0.3 is 6.09 Å². The normalized spacial score (nSPS) is 11.6. The van der Waals surface area contributed by atoms with Crippen LogP contribution in [-0.4, -0.2) is 56.8 Å². The SMILES string of the molecule is CCCNC(=O)CNC(=NC)NCCNC(=O)OC(C)(C)C. The van der Waals surface area contributed by atoms with E-state index in [1.807, 2.05) is 6.92 Å². The molecule has 0 rings (SSSR count). The number of aliphatic imine (C=N–C) groups is 1. The Labute approximate surface area is 132 Å². The smallest absolute Gasteiger partial charge is 0.407 e. The van der Waals surface area contributed by atoms with Crippen LogP contribution < -0.4 is 21.3 Å². The van der Waals surface area contributed by atoms with Crippen LogP contribution in [0.1, 0.15) is 34.1 Å². The number of amides is 2. The zero-order valence-corrected chi connectivity index (χ0v) is 14.2. The fourth-order valence-corrected chi connectivity index (χ4v) is 1.37. The van der Waals surface area contributed by atoms with Crippen molar-refractivity contribution in [1.29, 1.82) is 0 Å². The molecule has 0 saturated heterocycles. The number of hydrogen-bond donors (Lipinski definition) is 4. The van der Waals surface area contributed by atoms with E-state index >= 15 is 0 Å². The third kappa shape index (κ3) is 11.8. The zero-order valence-electron chi connectivity index (χ0n) is 14.2. The van der Waals surface area contributed by atoms with Crippen molar-refractivity contribution in [1.82, 2.24) is 21.3 Å². The molecule has 0 fully saturated rings. The maximum Gasteiger partial charge on any atom is 0.407 e. The second-order valence-electron chi connectivity index (χ2n) is 5.63. The van der Waals surface area contributed by atoms with Crippen LogP contribution in [0.5, 0.6) is 0 Å². The van der Waals surface area contributed by atoms with E-state index in [9.17, 15) is 9.59 Å². The van der Waals surface area contributed by atoms with E-state index in [-0.39, 0.29) is 12.5 Å². The first kappa shape index (κ1) is 20.0. The van der Waals surface area contributed by atoms with Crippen LogP contribution in [0.15, 0.2) is 4.99 Å². The van der Waals surface area contributed by atoms with Crippen molar-refractivity contribution in [2.24, 2.45) is 4.99 Å². The number of carbonyl (C=O) groups excluding carboxylic acids is 2. The molecular weight excluding hydrogens is 286 g/mol. The molecule has 0 atom stereocenters. The van der Waals surface area contributed by atoms with Gasteiger partial charge in [0.1, 0.15) is 5.60 Å². The van der Waals surface area contributed by atoms with Crippen LogP contribution in [0.25, 0.3) is 0 Å². The number of ether oxygens (including phenoxy) is 1. The second kappa shape index (κ2) is 10.7. The fourth-order valence-electron chi connectivity index (χ4n) is 1.37. The van der Waals surface area contributed by atoms with E-state index in [1.165, 1.54) is 0 Å². The van der Waals surface area contributed by atoms with Gasteiger partial charge in [0.25, 0.3) is 0 Å². The van der Waals surface area contributed by atoms with Gasteiger partial charge in [0.15, 0.2) is 5.96 Å². The molecule has 128 valence electrons. The van der Waals surface area contributed by atoms with Crippen molar-refractivity contribution >= 4 is 18.0 Å². The fraction of sp³-hybridized carbons (Fsp3) is 0.786. The molecule has 8 heteroatoms. The molecule has 0 aromatic rings. The highest BCUT2D eigenvalue weighted by Gasteiger charge is 2.15. The van der Waals surface area contributed by atoms with Crippen LogP contribution in [0.2, 0.25) is 0 Å². The Morgan fingerprint density at radius 2 is 1.64 bits per heavy atom. The highest BCUT2D eigenvalue weighted by molar-refractivity contribution is 5.86. The second-order valence-corrected chi connectivity index (χ2v) is 5.63. The first-order valence-electron chi connectivity index (χ1n) is 7.46. The van der Waals surface area contributed by atoms with Gasteiger partial charge in [-0.15, -0.1) is 0 Å². The molecule has 0 aliphatic carbocycles. The Kier molecular flexibility index (Phi) is 9.73. The molecule has 4 N–H and O–H groups in total. The lowest BCUT2D eigenvalue weighted by Crippen LogP contribution is -2.45. The minimum atomic E-state index is -0.513. The van der Waals surface area contributed by atoms with Gasteiger partial charge in [-0.25, -0.2) is 4.79 Å². The standard InChI is InChI=1S/C14H29N5O3/c1-6-7-16-11(20)10-19-12(15-5)17-8-9-18-13(21)22-14(2,3)4/h6-10H2,1-5H3,(H,16,20)(H,18,21)(H2,15,17,19). The van der Waals surface area contributed by atoms with Crippen LogP contribution in [0, 0.1) is 0 Å². The average Bonchev–Trinajstić information content (AvgIpc) is 2.42. The minimum absolute atomic E-state index is 0.0864. The lowest BCUT2D eigenvalue weighted by atomic mass is 10.2. The van der Waals surface area contributed by atoms with E-state index in [1.54, 1.807) is 27.8 Å². The molecule has 0 heterocycles. The molecular formula is C14H29N5O3. The summed E-state index contributed by atoms with van der Waals surface area (Å²) in [5, 5.41) is 11.3. The van der Waals surface area contributed by atoms with Gasteiger partial charge < -0.3 is 26.0 Å². The Balaban J connectivity index is 3.83. The number of hydrogen-bond acceptors (Lipinski definition) is 4. The number of carbonyl (C=O) groups is 2. The Hall–Kier alpha value is -1.99. The van der Waals surface area contributed by atoms with Crippen LogP contribution >= 0.6 is 0 Å². The summed E-state index contributed by atoms with van der Waals surface area (Å²) in [6.07, 6.45) is 0.436. The third-order valence-electron chi connectivity index (χ3n) is 2.30. The summed E-state index contributed by atoms with van der Waals surface area (Å²) in [5.41, 5.74) is -0.513. The quantitative estimate of drug-likeness (QED) is 0.305. The van der Waals surface area contributed by atoms with Crippen molar-refractivity contribution in [3.05, 3.63) is 0 Å². The maximum absolute atomic E-state index is 11.4. The van der Waals surface area contributed by atoms with Crippen LogP contribution in [0.4, 0.5) is 4.79 Å². The van der Waals surface area contributed by atoms with Crippen molar-refractivity contribution in [3.8, 4) is 0 Å². The number of alkyl carbamates (subject to hydrolysis) is 1. The summed E-state index contributed by atoms with van der Waals surface area (Å²) in [4.78, 5) is 26.9. The third-order valence-corrected chi connectivity index (χ3v) is 2.30. The largest absolute Gasteiger partial charge is 0.444 e. The van der Waals surface area contributed by atoms with Crippen molar-refractivity contribution < 1.29 is 14.3 Å². The zero-order chi connectivity index (χ0) is 17.0. The van der Waals surface area contributed by atoms with Crippen molar-refractivity contribution in [2.45, 2.75) is 39.7 Å². The summed E-state index contributed by atoms with van der Waals surface area (Å²) in [6, 6.07) is 0. The first-order chi connectivity index (χ1) is 10.3. The molecule has 0 aromatic carbocycles. The van der Waals surface area contributed by atoms with Gasteiger partial charge in [0.2, 0.25) is 5.91 Å². The molecule has 0 unspecified atom stereocenters. The first-order valence-corrected chi connectivity index (χ1v) is 7.46. The summed E-state index contributed by atoms with van der Waals surface area (Å²) < 4.78 is 5.11. The molecule has 0 aromatic heterocycles. The predicted octanol–water partition coefficient (Wildman–Crippen LogP) is 0.202. The highest BCUT2D eigenvalue weighted by atomic mass is 16.6. The van der Waals surface area contributed by atoms with Crippen molar-refractivity contribution in [3.63, 3.8) is 0 Å². The lowest BCUT2D eigenvalue weighted by molar-refractivity contribution is -0.120. The molecule has 8 nitrogen and oxygen atoms in total. The molecule has 0 aliphatic rings. The predicted molar refractivity (Wildman–Crippen MR) is 86.9 cm³/mol. The lowest BCUT2D eigenvalue weighted by Gasteiger charge is -2.19. The highest BCUT2D eigenvalue weighted by Crippen LogP contribution is 2.05. The van der Waals surface area contributed by atoms with E-state index in [4.69, 9.17) is 4.74 Å². The molecule has 2 amide bonds. The number of rotatable bonds is 7. The molecule has 22 heavy (non-hydrogen) atoms. The van der Waals surface area contributed by atoms with Gasteiger partial charge in [-0.1, -0.05) is 6.92 Å². The van der Waals surface area contributed by atoms with Gasteiger partial charge in [-0.2, -0.15) is 0 Å². The number of nitrogens with one attached hydrogen (secondary N) is 4. The Bertz CT molecular complexity index is 377. The maximum atomic E-state index is 11.4. The summed E-state index contributed by atoms with van der Waals surface area (Å²) in [7, 11) is 1.61. The molecule has 0 saturated carbocycles. The van der Waals surface area contributed by atoms with Gasteiger partial charge in [-0.05, 0) is 27.2 Å². The molecule has 0 radical (unpaired) electrons. The van der Waals surface area contributed by atoms with E-state index in [2.05, 4.69) is 26.3 Å². The van der Waals surface area contributed by atoms with Crippen LogP contribution in [-0.2, 0) is 9.53 Å². The molecule has 0 spiro atoms. The summed E-state index contributed by atoms with van der Waals surface area (Å²) >= 11 is 0. The van der Waals surface area contributed by atoms with Gasteiger partial charge in [-0.3, -0.25) is 9.79 Å². The minimum Gasteiger partial charge on any atom is -0.444 e. The number of nitrogens with zero attached hydrogens (tertiary/aromatic N) is 1. The van der Waals surface area contributed by atoms with E-state index in [0.29, 0.717) is 25.6 Å². The Morgan fingerprint density at radius 1 is 1.00 bits per heavy atom. The van der Waals surface area contributed by atoms with Crippen molar-refractivity contribution in [2.75, 3.05) is 33.2 Å². The topological polar surface area (TPSA) is 104 Å². The summed E-state index contributed by atoms with van der Waals surface area (Å²) in [6.45, 7) is 9.07. The number of guanidine groups is 1.